The lowest BCUT2D eigenvalue weighted by molar-refractivity contribution is -0.505. The molecule has 0 rings (SSSR count). The molecule has 0 aliphatic rings. The van der Waals surface area contributed by atoms with Gasteiger partial charge in [-0.2, -0.15) is 10.3 Å². The summed E-state index contributed by atoms with van der Waals surface area (Å²) < 4.78 is 0. The molecule has 54 valence electrons. The molecule has 0 spiro atoms. The summed E-state index contributed by atoms with van der Waals surface area (Å²) in [6, 6.07) is 0. The van der Waals surface area contributed by atoms with Crippen LogP contribution in [0.1, 0.15) is 20.8 Å². The van der Waals surface area contributed by atoms with E-state index >= 15 is 0 Å². The molecule has 9 heavy (non-hydrogen) atoms. The Hall–Kier alpha value is -0.800. The SMILES string of the molecule is C/[N+]([O-])=N/NC(C)(C)C. The van der Waals surface area contributed by atoms with E-state index in [1.54, 1.807) is 0 Å². The van der Waals surface area contributed by atoms with Crippen LogP contribution in [0.2, 0.25) is 0 Å². The van der Waals surface area contributed by atoms with Crippen molar-refractivity contribution in [3.8, 4) is 0 Å². The molecule has 0 saturated heterocycles. The standard InChI is InChI=1S/C5H13N3O/c1-5(2,3)6-7-8(4)9/h6H,1-4H3/b8-7-. The average Bonchev–Trinajstić information content (AvgIpc) is 1.59. The molecule has 0 aromatic rings. The highest BCUT2D eigenvalue weighted by Crippen LogP contribution is 1.96. The number of hydrogen-bond acceptors (Lipinski definition) is 2. The molecule has 4 nitrogen and oxygen atoms in total. The molecule has 0 aliphatic heterocycles. The number of hydroxylamine groups is 1. The fraction of sp³-hybridized carbons (Fsp3) is 1.00. The van der Waals surface area contributed by atoms with E-state index in [9.17, 15) is 5.21 Å². The fourth-order valence-corrected chi connectivity index (χ4v) is 0.220. The first kappa shape index (κ1) is 8.20. The lowest BCUT2D eigenvalue weighted by Crippen LogP contribution is -2.32. The molecular weight excluding hydrogens is 118 g/mol. The third-order valence-electron chi connectivity index (χ3n) is 0.526. The van der Waals surface area contributed by atoms with Crippen LogP contribution >= 0.6 is 0 Å². The van der Waals surface area contributed by atoms with Crippen LogP contribution in [0.5, 0.6) is 0 Å². The maximum atomic E-state index is 10.2. The molecule has 0 atom stereocenters. The highest BCUT2D eigenvalue weighted by atomic mass is 16.5. The predicted molar refractivity (Wildman–Crippen MR) is 34.9 cm³/mol. The zero-order chi connectivity index (χ0) is 7.49. The molecule has 0 aliphatic carbocycles. The summed E-state index contributed by atoms with van der Waals surface area (Å²) in [5.41, 5.74) is 2.53. The Morgan fingerprint density at radius 3 is 2.00 bits per heavy atom. The zero-order valence-electron chi connectivity index (χ0n) is 6.30. The van der Waals surface area contributed by atoms with Crippen molar-refractivity contribution in [2.75, 3.05) is 7.05 Å². The summed E-state index contributed by atoms with van der Waals surface area (Å²) in [7, 11) is 1.33. The molecule has 0 fully saturated rings. The van der Waals surface area contributed by atoms with Gasteiger partial charge in [-0.05, 0) is 20.8 Å². The Labute approximate surface area is 55.1 Å². The number of nitrogens with one attached hydrogen (secondary N) is 1. The minimum absolute atomic E-state index is 0.126. The maximum absolute atomic E-state index is 10.2. The van der Waals surface area contributed by atoms with Crippen LogP contribution in [0.15, 0.2) is 5.22 Å². The molecule has 0 unspecified atom stereocenters. The van der Waals surface area contributed by atoms with Gasteiger partial charge in [0.05, 0.1) is 5.22 Å². The number of hydrogen-bond donors (Lipinski definition) is 1. The van der Waals surface area contributed by atoms with Crippen LogP contribution in [0.4, 0.5) is 0 Å². The van der Waals surface area contributed by atoms with Crippen LogP contribution in [0.25, 0.3) is 0 Å². The Morgan fingerprint density at radius 1 is 1.44 bits per heavy atom. The molecule has 0 aromatic heterocycles. The van der Waals surface area contributed by atoms with Crippen LogP contribution in [-0.2, 0) is 0 Å². The quantitative estimate of drug-likeness (QED) is 0.326. The fourth-order valence-electron chi connectivity index (χ4n) is 0.220. The monoisotopic (exact) mass is 131 g/mol. The molecule has 0 bridgehead atoms. The van der Waals surface area contributed by atoms with E-state index in [0.717, 1.165) is 0 Å². The van der Waals surface area contributed by atoms with Crippen molar-refractivity contribution < 1.29 is 4.86 Å². The van der Waals surface area contributed by atoms with Gasteiger partial charge in [0.15, 0.2) is 0 Å². The maximum Gasteiger partial charge on any atom is 0.116 e. The van der Waals surface area contributed by atoms with Crippen LogP contribution < -0.4 is 5.43 Å². The Balaban J connectivity index is 3.64. The third kappa shape index (κ3) is 7.20. The lowest BCUT2D eigenvalue weighted by Gasteiger charge is -2.10. The topological polar surface area (TPSA) is 50.5 Å². The normalized spacial score (nSPS) is 13.6. The van der Waals surface area contributed by atoms with E-state index < -0.39 is 0 Å². The third-order valence-corrected chi connectivity index (χ3v) is 0.526. The van der Waals surface area contributed by atoms with E-state index in [1.165, 1.54) is 7.05 Å². The second-order valence-electron chi connectivity index (χ2n) is 2.93. The van der Waals surface area contributed by atoms with E-state index in [1.807, 2.05) is 20.8 Å². The van der Waals surface area contributed by atoms with E-state index in [2.05, 4.69) is 10.6 Å². The Bertz CT molecular complexity index is 110. The van der Waals surface area contributed by atoms with E-state index in [0.29, 0.717) is 4.86 Å². The molecular formula is C5H13N3O. The van der Waals surface area contributed by atoms with Crippen molar-refractivity contribution in [3.05, 3.63) is 5.21 Å². The molecule has 4 heteroatoms. The summed E-state index contributed by atoms with van der Waals surface area (Å²) in [6.45, 7) is 5.79. The summed E-state index contributed by atoms with van der Waals surface area (Å²) in [4.78, 5) is 0.491. The number of rotatable bonds is 1. The largest absolute Gasteiger partial charge is 0.696 e. The molecule has 1 N–H and O–H groups in total. The Kier molecular flexibility index (Phi) is 2.42. The van der Waals surface area contributed by atoms with Crippen molar-refractivity contribution in [1.29, 1.82) is 0 Å². The average molecular weight is 131 g/mol. The first-order valence-electron chi connectivity index (χ1n) is 2.80. The minimum atomic E-state index is -0.126. The zero-order valence-corrected chi connectivity index (χ0v) is 6.30. The summed E-state index contributed by atoms with van der Waals surface area (Å²) in [5.74, 6) is 0. The van der Waals surface area contributed by atoms with Crippen molar-refractivity contribution >= 4 is 0 Å². The highest BCUT2D eigenvalue weighted by molar-refractivity contribution is 4.64. The van der Waals surface area contributed by atoms with Crippen molar-refractivity contribution in [2.45, 2.75) is 26.3 Å². The van der Waals surface area contributed by atoms with Gasteiger partial charge in [-0.25, -0.2) is 0 Å². The molecule has 0 amide bonds. The second kappa shape index (κ2) is 2.66. The van der Waals surface area contributed by atoms with Gasteiger partial charge in [0.2, 0.25) is 0 Å². The number of nitrogens with zero attached hydrogens (tertiary/aromatic N) is 2. The summed E-state index contributed by atoms with van der Waals surface area (Å²) in [6.07, 6.45) is 0. The van der Waals surface area contributed by atoms with E-state index in [4.69, 9.17) is 0 Å². The van der Waals surface area contributed by atoms with Gasteiger partial charge < -0.3 is 5.21 Å². The van der Waals surface area contributed by atoms with Crippen LogP contribution in [-0.4, -0.2) is 17.4 Å². The molecule has 0 saturated carbocycles. The van der Waals surface area contributed by atoms with Crippen molar-refractivity contribution in [2.24, 2.45) is 5.22 Å². The van der Waals surface area contributed by atoms with Crippen molar-refractivity contribution in [3.63, 3.8) is 0 Å². The summed E-state index contributed by atoms with van der Waals surface area (Å²) in [5, 5.41) is 13.6. The Morgan fingerprint density at radius 2 is 1.89 bits per heavy atom. The first-order chi connectivity index (χ1) is 3.92. The predicted octanol–water partition coefficient (Wildman–Crippen LogP) is 0.882. The smallest absolute Gasteiger partial charge is 0.116 e. The van der Waals surface area contributed by atoms with Gasteiger partial charge >= 0.3 is 0 Å². The molecule has 0 aromatic carbocycles. The van der Waals surface area contributed by atoms with Gasteiger partial charge in [0, 0.05) is 0 Å². The summed E-state index contributed by atoms with van der Waals surface area (Å²) >= 11 is 0. The second-order valence-corrected chi connectivity index (χ2v) is 2.93. The van der Waals surface area contributed by atoms with Gasteiger partial charge in [-0.1, -0.05) is 0 Å². The lowest BCUT2D eigenvalue weighted by atomic mass is 10.1. The van der Waals surface area contributed by atoms with Gasteiger partial charge in [-0.15, -0.1) is 0 Å². The molecule has 0 heterocycles. The van der Waals surface area contributed by atoms with Crippen LogP contribution in [0.3, 0.4) is 0 Å². The molecule has 0 radical (unpaired) electrons. The van der Waals surface area contributed by atoms with Gasteiger partial charge in [0.1, 0.15) is 12.6 Å². The van der Waals surface area contributed by atoms with E-state index in [-0.39, 0.29) is 5.54 Å². The van der Waals surface area contributed by atoms with Crippen molar-refractivity contribution in [1.82, 2.24) is 5.43 Å². The first-order valence-corrected chi connectivity index (χ1v) is 2.80. The van der Waals surface area contributed by atoms with Gasteiger partial charge in [-0.3, -0.25) is 0 Å². The van der Waals surface area contributed by atoms with Gasteiger partial charge in [0.25, 0.3) is 0 Å². The minimum Gasteiger partial charge on any atom is -0.696 e. The highest BCUT2D eigenvalue weighted by Gasteiger charge is 2.12. The van der Waals surface area contributed by atoms with Crippen LogP contribution in [0, 0.1) is 5.21 Å².